The zero-order valence-corrected chi connectivity index (χ0v) is 13.7. The number of hydrogen-bond acceptors (Lipinski definition) is 5. The molecule has 4 rings (SSSR count). The second kappa shape index (κ2) is 5.85. The molecule has 120 valence electrons. The summed E-state index contributed by atoms with van der Waals surface area (Å²) >= 11 is 0. The third-order valence-electron chi connectivity index (χ3n) is 3.97. The van der Waals surface area contributed by atoms with Crippen LogP contribution in [0.15, 0.2) is 59.0 Å². The van der Waals surface area contributed by atoms with E-state index in [-0.39, 0.29) is 0 Å². The van der Waals surface area contributed by atoms with E-state index in [2.05, 4.69) is 27.4 Å². The van der Waals surface area contributed by atoms with E-state index in [4.69, 9.17) is 4.42 Å². The van der Waals surface area contributed by atoms with Gasteiger partial charge in [-0.05, 0) is 29.8 Å². The SMILES string of the molecule is CN(C)c1cc(CNc2nc3ccccc3o2)c2ccccc2n1. The summed E-state index contributed by atoms with van der Waals surface area (Å²) in [6, 6.07) is 18.5. The number of aromatic nitrogens is 2. The third-order valence-corrected chi connectivity index (χ3v) is 3.97. The zero-order chi connectivity index (χ0) is 16.5. The van der Waals surface area contributed by atoms with Gasteiger partial charge in [0, 0.05) is 26.0 Å². The van der Waals surface area contributed by atoms with E-state index in [0.717, 1.165) is 33.4 Å². The van der Waals surface area contributed by atoms with Crippen LogP contribution in [0.3, 0.4) is 0 Å². The predicted molar refractivity (Wildman–Crippen MR) is 97.4 cm³/mol. The van der Waals surface area contributed by atoms with Crippen molar-refractivity contribution in [3.05, 3.63) is 60.2 Å². The molecule has 2 aromatic carbocycles. The van der Waals surface area contributed by atoms with Gasteiger partial charge < -0.3 is 14.6 Å². The Morgan fingerprint density at radius 3 is 2.50 bits per heavy atom. The fourth-order valence-electron chi connectivity index (χ4n) is 2.73. The standard InChI is InChI=1S/C19H18N4O/c1-23(2)18-11-13(14-7-3-4-8-15(14)21-18)12-20-19-22-16-9-5-6-10-17(16)24-19/h3-11H,12H2,1-2H3,(H,20,22). The number of hydrogen-bond donors (Lipinski definition) is 1. The van der Waals surface area contributed by atoms with E-state index in [1.54, 1.807) is 0 Å². The van der Waals surface area contributed by atoms with Crippen molar-refractivity contribution < 1.29 is 4.42 Å². The minimum atomic E-state index is 0.531. The quantitative estimate of drug-likeness (QED) is 0.615. The van der Waals surface area contributed by atoms with E-state index in [1.165, 1.54) is 0 Å². The highest BCUT2D eigenvalue weighted by molar-refractivity contribution is 5.84. The van der Waals surface area contributed by atoms with Gasteiger partial charge in [0.1, 0.15) is 11.3 Å². The van der Waals surface area contributed by atoms with Crippen molar-refractivity contribution in [2.75, 3.05) is 24.3 Å². The maximum atomic E-state index is 5.73. The van der Waals surface area contributed by atoms with E-state index in [1.807, 2.05) is 61.5 Å². The summed E-state index contributed by atoms with van der Waals surface area (Å²) in [7, 11) is 3.99. The van der Waals surface area contributed by atoms with E-state index in [9.17, 15) is 0 Å². The fourth-order valence-corrected chi connectivity index (χ4v) is 2.73. The molecule has 2 aromatic heterocycles. The highest BCUT2D eigenvalue weighted by Gasteiger charge is 2.09. The van der Waals surface area contributed by atoms with Crippen LogP contribution >= 0.6 is 0 Å². The largest absolute Gasteiger partial charge is 0.424 e. The van der Waals surface area contributed by atoms with Crippen molar-refractivity contribution in [3.8, 4) is 0 Å². The predicted octanol–water partition coefficient (Wildman–Crippen LogP) is 4.05. The molecule has 4 aromatic rings. The molecule has 5 nitrogen and oxygen atoms in total. The molecule has 1 N–H and O–H groups in total. The van der Waals surface area contributed by atoms with Crippen molar-refractivity contribution in [2.45, 2.75) is 6.54 Å². The van der Waals surface area contributed by atoms with Crippen LogP contribution in [0.2, 0.25) is 0 Å². The van der Waals surface area contributed by atoms with Crippen molar-refractivity contribution in [2.24, 2.45) is 0 Å². The maximum absolute atomic E-state index is 5.73. The number of oxazole rings is 1. The topological polar surface area (TPSA) is 54.2 Å². The average Bonchev–Trinajstić information content (AvgIpc) is 3.02. The van der Waals surface area contributed by atoms with E-state index < -0.39 is 0 Å². The molecule has 0 amide bonds. The van der Waals surface area contributed by atoms with Gasteiger partial charge in [-0.3, -0.25) is 0 Å². The summed E-state index contributed by atoms with van der Waals surface area (Å²) in [5, 5.41) is 4.42. The normalized spacial score (nSPS) is 11.1. The van der Waals surface area contributed by atoms with Crippen LogP contribution < -0.4 is 10.2 Å². The first-order chi connectivity index (χ1) is 11.7. The van der Waals surface area contributed by atoms with Crippen LogP contribution in [-0.4, -0.2) is 24.1 Å². The lowest BCUT2D eigenvalue weighted by molar-refractivity contribution is 0.614. The van der Waals surface area contributed by atoms with Crippen LogP contribution in [-0.2, 0) is 6.54 Å². The number of benzene rings is 2. The van der Waals surface area contributed by atoms with Gasteiger partial charge in [-0.25, -0.2) is 4.98 Å². The first-order valence-electron chi connectivity index (χ1n) is 7.86. The lowest BCUT2D eigenvalue weighted by Crippen LogP contribution is -2.12. The molecule has 2 heterocycles. The molecule has 24 heavy (non-hydrogen) atoms. The molecule has 0 aliphatic rings. The Morgan fingerprint density at radius 2 is 1.71 bits per heavy atom. The van der Waals surface area contributed by atoms with Crippen LogP contribution in [0.25, 0.3) is 22.0 Å². The van der Waals surface area contributed by atoms with Gasteiger partial charge in [0.15, 0.2) is 5.58 Å². The van der Waals surface area contributed by atoms with E-state index >= 15 is 0 Å². The Hall–Kier alpha value is -3.08. The number of pyridine rings is 1. The minimum Gasteiger partial charge on any atom is -0.424 e. The Balaban J connectivity index is 1.68. The Labute approximate surface area is 139 Å². The highest BCUT2D eigenvalue weighted by atomic mass is 16.4. The molecule has 0 fully saturated rings. The monoisotopic (exact) mass is 318 g/mol. The summed E-state index contributed by atoms with van der Waals surface area (Å²) < 4.78 is 5.73. The number of anilines is 2. The molecular formula is C19H18N4O. The van der Waals surface area contributed by atoms with Crippen LogP contribution in [0, 0.1) is 0 Å². The number of para-hydroxylation sites is 3. The molecule has 0 atom stereocenters. The third kappa shape index (κ3) is 2.65. The van der Waals surface area contributed by atoms with Gasteiger partial charge in [-0.1, -0.05) is 30.3 Å². The van der Waals surface area contributed by atoms with Gasteiger partial charge in [0.2, 0.25) is 0 Å². The maximum Gasteiger partial charge on any atom is 0.295 e. The smallest absolute Gasteiger partial charge is 0.295 e. The van der Waals surface area contributed by atoms with Crippen molar-refractivity contribution in [1.82, 2.24) is 9.97 Å². The number of fused-ring (bicyclic) bond motifs is 2. The summed E-state index contributed by atoms with van der Waals surface area (Å²) in [5.41, 5.74) is 3.78. The van der Waals surface area contributed by atoms with Gasteiger partial charge in [0.05, 0.1) is 5.52 Å². The lowest BCUT2D eigenvalue weighted by Gasteiger charge is -2.15. The average molecular weight is 318 g/mol. The van der Waals surface area contributed by atoms with Gasteiger partial charge in [-0.15, -0.1) is 0 Å². The van der Waals surface area contributed by atoms with E-state index in [0.29, 0.717) is 12.6 Å². The minimum absolute atomic E-state index is 0.531. The van der Waals surface area contributed by atoms with Crippen LogP contribution in [0.1, 0.15) is 5.56 Å². The van der Waals surface area contributed by atoms with Gasteiger partial charge in [0.25, 0.3) is 6.01 Å². The summed E-state index contributed by atoms with van der Waals surface area (Å²) in [6.45, 7) is 0.622. The van der Waals surface area contributed by atoms with Gasteiger partial charge in [-0.2, -0.15) is 4.98 Å². The van der Waals surface area contributed by atoms with Crippen LogP contribution in [0.4, 0.5) is 11.8 Å². The molecule has 0 unspecified atom stereocenters. The number of nitrogens with zero attached hydrogens (tertiary/aromatic N) is 3. The molecule has 0 saturated heterocycles. The summed E-state index contributed by atoms with van der Waals surface area (Å²) in [6.07, 6.45) is 0. The van der Waals surface area contributed by atoms with Crippen molar-refractivity contribution >= 4 is 33.8 Å². The molecule has 0 saturated carbocycles. The Kier molecular flexibility index (Phi) is 3.54. The second-order valence-electron chi connectivity index (χ2n) is 5.89. The number of rotatable bonds is 4. The second-order valence-corrected chi connectivity index (χ2v) is 5.89. The molecular weight excluding hydrogens is 300 g/mol. The summed E-state index contributed by atoms with van der Waals surface area (Å²) in [4.78, 5) is 11.2. The molecule has 0 bridgehead atoms. The highest BCUT2D eigenvalue weighted by Crippen LogP contribution is 2.24. The summed E-state index contributed by atoms with van der Waals surface area (Å²) in [5.74, 6) is 0.933. The first-order valence-corrected chi connectivity index (χ1v) is 7.86. The lowest BCUT2D eigenvalue weighted by atomic mass is 10.1. The molecule has 0 radical (unpaired) electrons. The Bertz CT molecular complexity index is 974. The molecule has 0 aliphatic carbocycles. The molecule has 5 heteroatoms. The zero-order valence-electron chi connectivity index (χ0n) is 13.7. The first kappa shape index (κ1) is 14.5. The van der Waals surface area contributed by atoms with Crippen LogP contribution in [0.5, 0.6) is 0 Å². The van der Waals surface area contributed by atoms with Crippen molar-refractivity contribution in [3.63, 3.8) is 0 Å². The number of nitrogens with one attached hydrogen (secondary N) is 1. The Morgan fingerprint density at radius 1 is 0.958 bits per heavy atom. The fraction of sp³-hybridized carbons (Fsp3) is 0.158. The van der Waals surface area contributed by atoms with Gasteiger partial charge >= 0.3 is 0 Å². The molecule has 0 spiro atoms. The molecule has 0 aliphatic heterocycles. The van der Waals surface area contributed by atoms with Crippen molar-refractivity contribution in [1.29, 1.82) is 0 Å².